The Morgan fingerprint density at radius 2 is 1.95 bits per heavy atom. The molecule has 6 nitrogen and oxygen atoms in total. The molecule has 0 radical (unpaired) electrons. The molecule has 0 amide bonds. The fraction of sp³-hybridized carbons (Fsp3) is 0.786. The summed E-state index contributed by atoms with van der Waals surface area (Å²) in [5, 5.41) is 11.3. The molecular formula is C14H26N4O2. The summed E-state index contributed by atoms with van der Waals surface area (Å²) in [6.45, 7) is 11.5. The Hall–Kier alpha value is -1.43. The fourth-order valence-electron chi connectivity index (χ4n) is 1.87. The van der Waals surface area contributed by atoms with Crippen LogP contribution in [0.5, 0.6) is 0 Å². The molecule has 1 heterocycles. The van der Waals surface area contributed by atoms with E-state index in [0.29, 0.717) is 0 Å². The number of hydrogen-bond acceptors (Lipinski definition) is 5. The Morgan fingerprint density at radius 3 is 2.35 bits per heavy atom. The van der Waals surface area contributed by atoms with Crippen molar-refractivity contribution >= 4 is 5.97 Å². The van der Waals surface area contributed by atoms with Crippen molar-refractivity contribution in [2.24, 2.45) is 13.0 Å². The lowest BCUT2D eigenvalue weighted by molar-refractivity contribution is -0.157. The zero-order valence-corrected chi connectivity index (χ0v) is 13.5. The first-order valence-corrected chi connectivity index (χ1v) is 6.94. The first-order chi connectivity index (χ1) is 9.11. The number of rotatable bonds is 5. The average Bonchev–Trinajstić information content (AvgIpc) is 2.69. The van der Waals surface area contributed by atoms with Crippen molar-refractivity contribution in [3.63, 3.8) is 0 Å². The third-order valence-corrected chi connectivity index (χ3v) is 2.88. The van der Waals surface area contributed by atoms with Crippen LogP contribution in [0.4, 0.5) is 0 Å². The van der Waals surface area contributed by atoms with Gasteiger partial charge in [-0.15, -0.1) is 10.2 Å². The molecule has 0 aliphatic rings. The van der Waals surface area contributed by atoms with Crippen LogP contribution in [0.1, 0.15) is 53.4 Å². The number of ether oxygens (including phenoxy) is 1. The van der Waals surface area contributed by atoms with Crippen molar-refractivity contribution in [2.75, 3.05) is 0 Å². The molecular weight excluding hydrogens is 256 g/mol. The number of esters is 1. The molecule has 1 rings (SSSR count). The van der Waals surface area contributed by atoms with E-state index in [0.717, 1.165) is 5.82 Å². The van der Waals surface area contributed by atoms with Crippen molar-refractivity contribution in [1.29, 1.82) is 0 Å². The highest BCUT2D eigenvalue weighted by Gasteiger charge is 2.27. The number of hydrogen-bond donors (Lipinski definition) is 1. The van der Waals surface area contributed by atoms with Gasteiger partial charge in [0.2, 0.25) is 0 Å². The molecule has 0 saturated carbocycles. The summed E-state index contributed by atoms with van der Waals surface area (Å²) in [6.07, 6.45) is 1.66. The van der Waals surface area contributed by atoms with Gasteiger partial charge in [0.05, 0.1) is 6.04 Å². The topological polar surface area (TPSA) is 69.0 Å². The normalized spacial score (nSPS) is 15.2. The molecule has 1 aromatic heterocycles. The molecule has 0 aliphatic heterocycles. The van der Waals surface area contributed by atoms with Crippen LogP contribution in [0.2, 0.25) is 0 Å². The second kappa shape index (κ2) is 6.35. The van der Waals surface area contributed by atoms with Gasteiger partial charge < -0.3 is 9.30 Å². The third-order valence-electron chi connectivity index (χ3n) is 2.88. The summed E-state index contributed by atoms with van der Waals surface area (Å²) in [6, 6.07) is -0.455. The number of carbonyl (C=O) groups is 1. The maximum absolute atomic E-state index is 12.0. The van der Waals surface area contributed by atoms with Crippen LogP contribution in [0.15, 0.2) is 6.33 Å². The molecule has 20 heavy (non-hydrogen) atoms. The summed E-state index contributed by atoms with van der Waals surface area (Å²) in [4.78, 5) is 12.0. The molecule has 0 fully saturated rings. The van der Waals surface area contributed by atoms with Gasteiger partial charge >= 0.3 is 5.97 Å². The Labute approximate surface area is 120 Å². The van der Waals surface area contributed by atoms with Crippen LogP contribution in [0.25, 0.3) is 0 Å². The zero-order chi connectivity index (χ0) is 15.5. The first kappa shape index (κ1) is 16.6. The summed E-state index contributed by atoms with van der Waals surface area (Å²) in [5.74, 6) is 0.837. The maximum Gasteiger partial charge on any atom is 0.323 e. The van der Waals surface area contributed by atoms with Gasteiger partial charge in [-0.05, 0) is 33.6 Å². The molecule has 0 saturated heterocycles. The second-order valence-corrected chi connectivity index (χ2v) is 6.44. The van der Waals surface area contributed by atoms with Gasteiger partial charge in [0.1, 0.15) is 23.8 Å². The average molecular weight is 282 g/mol. The van der Waals surface area contributed by atoms with E-state index in [9.17, 15) is 4.79 Å². The smallest absolute Gasteiger partial charge is 0.323 e. The molecule has 2 unspecified atom stereocenters. The lowest BCUT2D eigenvalue weighted by Crippen LogP contribution is -2.43. The third kappa shape index (κ3) is 4.59. The number of aryl methyl sites for hydroxylation is 1. The van der Waals surface area contributed by atoms with Gasteiger partial charge in [0.25, 0.3) is 0 Å². The van der Waals surface area contributed by atoms with E-state index in [1.54, 1.807) is 13.3 Å². The Morgan fingerprint density at radius 1 is 1.35 bits per heavy atom. The molecule has 0 spiro atoms. The predicted molar refractivity (Wildman–Crippen MR) is 77.0 cm³/mol. The quantitative estimate of drug-likeness (QED) is 0.834. The molecule has 2 atom stereocenters. The van der Waals surface area contributed by atoms with E-state index in [-0.39, 0.29) is 17.9 Å². The monoisotopic (exact) mass is 282 g/mol. The molecule has 6 heteroatoms. The first-order valence-electron chi connectivity index (χ1n) is 6.94. The van der Waals surface area contributed by atoms with Gasteiger partial charge in [-0.3, -0.25) is 10.1 Å². The van der Waals surface area contributed by atoms with Crippen LogP contribution in [0.3, 0.4) is 0 Å². The van der Waals surface area contributed by atoms with E-state index < -0.39 is 11.6 Å². The van der Waals surface area contributed by atoms with E-state index in [2.05, 4.69) is 29.4 Å². The minimum Gasteiger partial charge on any atom is -0.459 e. The van der Waals surface area contributed by atoms with E-state index >= 15 is 0 Å². The van der Waals surface area contributed by atoms with Crippen molar-refractivity contribution in [3.05, 3.63) is 12.2 Å². The molecule has 114 valence electrons. The number of carbonyl (C=O) groups excluding carboxylic acids is 1. The predicted octanol–water partition coefficient (Wildman–Crippen LogP) is 1.83. The van der Waals surface area contributed by atoms with E-state index in [1.807, 2.05) is 32.4 Å². The van der Waals surface area contributed by atoms with Crippen LogP contribution in [-0.2, 0) is 16.6 Å². The largest absolute Gasteiger partial charge is 0.459 e. The van der Waals surface area contributed by atoms with Gasteiger partial charge in [0.15, 0.2) is 0 Å². The minimum atomic E-state index is -0.481. The fourth-order valence-corrected chi connectivity index (χ4v) is 1.87. The second-order valence-electron chi connectivity index (χ2n) is 6.44. The lowest BCUT2D eigenvalue weighted by atomic mass is 10.0. The molecule has 1 aromatic rings. The van der Waals surface area contributed by atoms with Crippen molar-refractivity contribution in [1.82, 2.24) is 20.1 Å². The van der Waals surface area contributed by atoms with Crippen LogP contribution >= 0.6 is 0 Å². The SMILES string of the molecule is CC(NC(c1nncn1C)C(C)C)C(=O)OC(C)(C)C. The van der Waals surface area contributed by atoms with Gasteiger partial charge in [-0.25, -0.2) is 0 Å². The summed E-state index contributed by atoms with van der Waals surface area (Å²) in [5.41, 5.74) is -0.481. The Kier molecular flexibility index (Phi) is 5.28. The zero-order valence-electron chi connectivity index (χ0n) is 13.5. The highest BCUT2D eigenvalue weighted by atomic mass is 16.6. The van der Waals surface area contributed by atoms with Crippen LogP contribution in [0, 0.1) is 5.92 Å². The highest BCUT2D eigenvalue weighted by Crippen LogP contribution is 2.20. The molecule has 0 aliphatic carbocycles. The summed E-state index contributed by atoms with van der Waals surface area (Å²) >= 11 is 0. The molecule has 1 N–H and O–H groups in total. The van der Waals surface area contributed by atoms with Crippen molar-refractivity contribution in [3.8, 4) is 0 Å². The van der Waals surface area contributed by atoms with E-state index in [4.69, 9.17) is 4.74 Å². The Bertz CT molecular complexity index is 448. The Balaban J connectivity index is 2.77. The van der Waals surface area contributed by atoms with Gasteiger partial charge in [-0.2, -0.15) is 0 Å². The lowest BCUT2D eigenvalue weighted by Gasteiger charge is -2.27. The van der Waals surface area contributed by atoms with Crippen LogP contribution < -0.4 is 5.32 Å². The minimum absolute atomic E-state index is 0.0509. The van der Waals surface area contributed by atoms with Crippen molar-refractivity contribution < 1.29 is 9.53 Å². The summed E-state index contributed by atoms with van der Waals surface area (Å²) in [7, 11) is 1.89. The van der Waals surface area contributed by atoms with Gasteiger partial charge in [0, 0.05) is 7.05 Å². The van der Waals surface area contributed by atoms with Gasteiger partial charge in [-0.1, -0.05) is 13.8 Å². The highest BCUT2D eigenvalue weighted by molar-refractivity contribution is 5.75. The molecule has 0 aromatic carbocycles. The number of nitrogens with zero attached hydrogens (tertiary/aromatic N) is 3. The number of aromatic nitrogens is 3. The standard InChI is InChI=1S/C14H26N4O2/c1-9(2)11(12-17-15-8-18(12)7)16-10(3)13(19)20-14(4,5)6/h8-11,16H,1-7H3. The number of nitrogens with one attached hydrogen (secondary N) is 1. The summed E-state index contributed by atoms with van der Waals surface area (Å²) < 4.78 is 7.24. The van der Waals surface area contributed by atoms with Crippen molar-refractivity contribution in [2.45, 2.75) is 59.2 Å². The molecule has 0 bridgehead atoms. The maximum atomic E-state index is 12.0. The van der Waals surface area contributed by atoms with Crippen LogP contribution in [-0.4, -0.2) is 32.4 Å². The van der Waals surface area contributed by atoms with E-state index in [1.165, 1.54) is 0 Å².